The first kappa shape index (κ1) is 20.6. The topological polar surface area (TPSA) is 64.6 Å². The van der Waals surface area contributed by atoms with Crippen LogP contribution >= 0.6 is 0 Å². The van der Waals surface area contributed by atoms with Crippen molar-refractivity contribution in [3.63, 3.8) is 0 Å². The van der Waals surface area contributed by atoms with E-state index in [-0.39, 0.29) is 22.9 Å². The Morgan fingerprint density at radius 1 is 1.30 bits per heavy atom. The minimum absolute atomic E-state index is 0.135. The van der Waals surface area contributed by atoms with Gasteiger partial charge in [-0.25, -0.2) is 4.79 Å². The van der Waals surface area contributed by atoms with E-state index in [1.165, 1.54) is 0 Å². The molecular weight excluding hydrogens is 312 g/mol. The van der Waals surface area contributed by atoms with E-state index < -0.39 is 17.0 Å². The van der Waals surface area contributed by atoms with E-state index in [1.807, 2.05) is 46.4 Å². The molecule has 0 aromatic heterocycles. The number of rotatable bonds is 3. The molecule has 5 nitrogen and oxygen atoms in total. The van der Waals surface area contributed by atoms with Gasteiger partial charge in [-0.2, -0.15) is 0 Å². The highest BCUT2D eigenvalue weighted by atomic mass is 32.2. The number of piperidine rings is 1. The largest absolute Gasteiger partial charge is 0.598 e. The molecule has 0 aliphatic carbocycles. The van der Waals surface area contributed by atoms with Gasteiger partial charge in [-0.1, -0.05) is 0 Å². The third-order valence-electron chi connectivity index (χ3n) is 4.10. The second-order valence-electron chi connectivity index (χ2n) is 8.59. The maximum absolute atomic E-state index is 12.2. The summed E-state index contributed by atoms with van der Waals surface area (Å²) in [5.41, 5.74) is -0.466. The molecule has 136 valence electrons. The van der Waals surface area contributed by atoms with Gasteiger partial charge in [0, 0.05) is 23.9 Å². The van der Waals surface area contributed by atoms with E-state index in [0.717, 1.165) is 12.8 Å². The number of hydrogen-bond acceptors (Lipinski definition) is 4. The standard InChI is InChI=1S/C17H34N2O3S/c1-12-11-14(13(2)18-23(21)17(6,7)8)9-10-19(12)15(20)22-16(3,4)5/h12-14,18H,9-11H2,1-8H3/t12?,13-,14?,23+/m0/s1. The van der Waals surface area contributed by atoms with Crippen molar-refractivity contribution >= 4 is 17.5 Å². The lowest BCUT2D eigenvalue weighted by Gasteiger charge is -2.40. The van der Waals surface area contributed by atoms with Gasteiger partial charge in [-0.3, -0.25) is 0 Å². The fourth-order valence-corrected chi connectivity index (χ4v) is 3.58. The highest BCUT2D eigenvalue weighted by molar-refractivity contribution is 7.90. The van der Waals surface area contributed by atoms with Crippen LogP contribution in [0.5, 0.6) is 0 Å². The second-order valence-corrected chi connectivity index (χ2v) is 10.6. The average Bonchev–Trinajstić information content (AvgIpc) is 2.34. The lowest BCUT2D eigenvalue weighted by atomic mass is 9.87. The average molecular weight is 347 g/mol. The number of carbonyl (C=O) groups excluding carboxylic acids is 1. The first-order valence-corrected chi connectivity index (χ1v) is 9.64. The zero-order valence-electron chi connectivity index (χ0n) is 15.9. The molecule has 1 aliphatic rings. The summed E-state index contributed by atoms with van der Waals surface area (Å²) in [6, 6.07) is 0.300. The maximum Gasteiger partial charge on any atom is 0.410 e. The van der Waals surface area contributed by atoms with E-state index in [1.54, 1.807) is 0 Å². The third kappa shape index (κ3) is 6.51. The molecule has 23 heavy (non-hydrogen) atoms. The molecule has 1 aliphatic heterocycles. The van der Waals surface area contributed by atoms with Crippen molar-refractivity contribution in [2.24, 2.45) is 5.92 Å². The van der Waals surface area contributed by atoms with Crippen LogP contribution in [0.2, 0.25) is 0 Å². The summed E-state index contributed by atoms with van der Waals surface area (Å²) in [6.07, 6.45) is 1.57. The summed E-state index contributed by atoms with van der Waals surface area (Å²) in [4.78, 5) is 14.1. The summed E-state index contributed by atoms with van der Waals surface area (Å²) in [7, 11) is 0. The van der Waals surface area contributed by atoms with Gasteiger partial charge in [0.25, 0.3) is 0 Å². The van der Waals surface area contributed by atoms with Crippen LogP contribution in [0.1, 0.15) is 68.2 Å². The van der Waals surface area contributed by atoms with Gasteiger partial charge < -0.3 is 14.2 Å². The van der Waals surface area contributed by atoms with E-state index in [0.29, 0.717) is 12.5 Å². The molecule has 0 saturated carbocycles. The molecule has 0 bridgehead atoms. The number of ether oxygens (including phenoxy) is 1. The highest BCUT2D eigenvalue weighted by Crippen LogP contribution is 2.28. The first-order chi connectivity index (χ1) is 10.3. The van der Waals surface area contributed by atoms with Gasteiger partial charge in [0.2, 0.25) is 0 Å². The summed E-state index contributed by atoms with van der Waals surface area (Å²) in [6.45, 7) is 16.4. The molecule has 0 radical (unpaired) electrons. The van der Waals surface area contributed by atoms with Crippen LogP contribution in [0, 0.1) is 5.92 Å². The maximum atomic E-state index is 12.2. The SMILES string of the molecule is CC1CC([C@H](C)N[S@+]([O-])C(C)(C)C)CCN1C(=O)OC(C)(C)C. The Morgan fingerprint density at radius 3 is 2.30 bits per heavy atom. The lowest BCUT2D eigenvalue weighted by Crippen LogP contribution is -2.52. The number of hydrogen-bond donors (Lipinski definition) is 1. The molecule has 4 atom stereocenters. The minimum Gasteiger partial charge on any atom is -0.598 e. The van der Waals surface area contributed by atoms with Crippen LogP contribution in [-0.4, -0.2) is 44.5 Å². The van der Waals surface area contributed by atoms with E-state index in [9.17, 15) is 9.35 Å². The van der Waals surface area contributed by atoms with Gasteiger partial charge in [0.05, 0.1) is 6.04 Å². The van der Waals surface area contributed by atoms with Crippen LogP contribution < -0.4 is 4.72 Å². The van der Waals surface area contributed by atoms with Crippen molar-refractivity contribution in [2.75, 3.05) is 6.54 Å². The van der Waals surface area contributed by atoms with Gasteiger partial charge in [0.1, 0.15) is 10.3 Å². The van der Waals surface area contributed by atoms with E-state index in [2.05, 4.69) is 18.6 Å². The molecular formula is C17H34N2O3S. The van der Waals surface area contributed by atoms with Gasteiger partial charge in [-0.15, -0.1) is 4.72 Å². The van der Waals surface area contributed by atoms with Gasteiger partial charge in [0.15, 0.2) is 0 Å². The lowest BCUT2D eigenvalue weighted by molar-refractivity contribution is 0.00573. The Morgan fingerprint density at radius 2 is 1.87 bits per heavy atom. The molecule has 1 amide bonds. The number of nitrogens with one attached hydrogen (secondary N) is 1. The smallest absolute Gasteiger partial charge is 0.410 e. The third-order valence-corrected chi connectivity index (χ3v) is 5.80. The Bertz CT molecular complexity index is 404. The predicted molar refractivity (Wildman–Crippen MR) is 95.6 cm³/mol. The molecule has 2 unspecified atom stereocenters. The molecule has 0 aromatic rings. The Balaban J connectivity index is 2.56. The predicted octanol–water partition coefficient (Wildman–Crippen LogP) is 3.46. The molecule has 1 saturated heterocycles. The van der Waals surface area contributed by atoms with E-state index in [4.69, 9.17) is 4.74 Å². The van der Waals surface area contributed by atoms with Crippen molar-refractivity contribution in [3.05, 3.63) is 0 Å². The Kier molecular flexibility index (Phi) is 6.82. The molecule has 1 N–H and O–H groups in total. The molecule has 1 rings (SSSR count). The van der Waals surface area contributed by atoms with Crippen LogP contribution in [0.15, 0.2) is 0 Å². The van der Waals surface area contributed by atoms with Crippen LogP contribution in [0.25, 0.3) is 0 Å². The molecule has 6 heteroatoms. The first-order valence-electron chi connectivity index (χ1n) is 8.49. The van der Waals surface area contributed by atoms with Crippen molar-refractivity contribution in [1.29, 1.82) is 0 Å². The number of likely N-dealkylation sites (tertiary alicyclic amines) is 1. The molecule has 1 fully saturated rings. The van der Waals surface area contributed by atoms with Crippen molar-refractivity contribution in [3.8, 4) is 0 Å². The Hall–Kier alpha value is -0.460. The molecule has 0 aromatic carbocycles. The number of nitrogens with zero attached hydrogens (tertiary/aromatic N) is 1. The highest BCUT2D eigenvalue weighted by Gasteiger charge is 2.36. The normalized spacial score (nSPS) is 25.9. The summed E-state index contributed by atoms with van der Waals surface area (Å²) < 4.78 is 20.7. The summed E-state index contributed by atoms with van der Waals surface area (Å²) >= 11 is -1.07. The van der Waals surface area contributed by atoms with Crippen molar-refractivity contribution in [1.82, 2.24) is 9.62 Å². The second kappa shape index (κ2) is 7.62. The van der Waals surface area contributed by atoms with Gasteiger partial charge >= 0.3 is 6.09 Å². The number of carbonyl (C=O) groups is 1. The van der Waals surface area contributed by atoms with Crippen LogP contribution in [0.4, 0.5) is 4.79 Å². The Labute approximate surface area is 144 Å². The summed E-state index contributed by atoms with van der Waals surface area (Å²) in [5.74, 6) is 0.412. The fourth-order valence-electron chi connectivity index (χ4n) is 2.70. The van der Waals surface area contributed by atoms with Crippen LogP contribution in [-0.2, 0) is 16.1 Å². The summed E-state index contributed by atoms with van der Waals surface area (Å²) in [5, 5.41) is 0. The monoisotopic (exact) mass is 346 g/mol. The van der Waals surface area contributed by atoms with Crippen molar-refractivity contribution < 1.29 is 14.1 Å². The van der Waals surface area contributed by atoms with Crippen molar-refractivity contribution in [2.45, 2.75) is 90.7 Å². The van der Waals surface area contributed by atoms with Gasteiger partial charge in [-0.05, 0) is 74.1 Å². The zero-order chi connectivity index (χ0) is 18.0. The minimum atomic E-state index is -1.07. The van der Waals surface area contributed by atoms with E-state index >= 15 is 0 Å². The molecule has 1 heterocycles. The quantitative estimate of drug-likeness (QED) is 0.795. The zero-order valence-corrected chi connectivity index (χ0v) is 16.8. The fraction of sp³-hybridized carbons (Fsp3) is 0.941. The molecule has 0 spiro atoms. The number of amides is 1. The van der Waals surface area contributed by atoms with Crippen LogP contribution in [0.3, 0.4) is 0 Å².